The predicted molar refractivity (Wildman–Crippen MR) is 82.6 cm³/mol. The number of thiophene rings is 1. The summed E-state index contributed by atoms with van der Waals surface area (Å²) in [4.78, 5) is 2.84. The van der Waals surface area contributed by atoms with E-state index in [-0.39, 0.29) is 0 Å². The molecule has 0 amide bonds. The van der Waals surface area contributed by atoms with Gasteiger partial charge in [-0.05, 0) is 49.4 Å². The number of nitrogens with one attached hydrogen (secondary N) is 1. The highest BCUT2D eigenvalue weighted by atomic mass is 32.1. The van der Waals surface area contributed by atoms with Gasteiger partial charge in [0.05, 0.1) is 0 Å². The van der Waals surface area contributed by atoms with Gasteiger partial charge in [-0.3, -0.25) is 0 Å². The summed E-state index contributed by atoms with van der Waals surface area (Å²) in [6.45, 7) is 3.17. The lowest BCUT2D eigenvalue weighted by atomic mass is 9.99. The first kappa shape index (κ1) is 12.9. The third-order valence-corrected chi connectivity index (χ3v) is 4.94. The Hall–Kier alpha value is -1.12. The molecule has 1 aromatic carbocycles. The van der Waals surface area contributed by atoms with E-state index in [0.717, 1.165) is 6.54 Å². The lowest BCUT2D eigenvalue weighted by Crippen LogP contribution is -2.20. The van der Waals surface area contributed by atoms with E-state index >= 15 is 0 Å². The van der Waals surface area contributed by atoms with Gasteiger partial charge in [-0.15, -0.1) is 11.3 Å². The second-order valence-electron chi connectivity index (χ2n) is 5.39. The summed E-state index contributed by atoms with van der Waals surface area (Å²) in [6, 6.07) is 13.9. The van der Waals surface area contributed by atoms with Crippen LogP contribution in [0.25, 0.3) is 0 Å². The lowest BCUT2D eigenvalue weighted by Gasteiger charge is -2.19. The molecule has 1 unspecified atom stereocenters. The van der Waals surface area contributed by atoms with Crippen LogP contribution >= 0.6 is 11.3 Å². The highest BCUT2D eigenvalue weighted by Crippen LogP contribution is 2.29. The Morgan fingerprint density at radius 2 is 2.05 bits per heavy atom. The van der Waals surface area contributed by atoms with Crippen molar-refractivity contribution in [2.45, 2.75) is 45.2 Å². The van der Waals surface area contributed by atoms with Crippen LogP contribution < -0.4 is 5.32 Å². The van der Waals surface area contributed by atoms with Crippen molar-refractivity contribution in [1.82, 2.24) is 5.32 Å². The minimum Gasteiger partial charge on any atom is -0.305 e. The van der Waals surface area contributed by atoms with Gasteiger partial charge < -0.3 is 5.32 Å². The zero-order valence-electron chi connectivity index (χ0n) is 11.5. The minimum atomic E-state index is 0.529. The van der Waals surface area contributed by atoms with Crippen molar-refractivity contribution in [2.24, 2.45) is 0 Å². The van der Waals surface area contributed by atoms with Crippen LogP contribution in [-0.4, -0.2) is 0 Å². The number of rotatable bonds is 3. The van der Waals surface area contributed by atoms with E-state index in [0.29, 0.717) is 6.04 Å². The van der Waals surface area contributed by atoms with E-state index < -0.39 is 0 Å². The Balaban J connectivity index is 1.73. The Morgan fingerprint density at radius 3 is 2.89 bits per heavy atom. The van der Waals surface area contributed by atoms with E-state index in [4.69, 9.17) is 0 Å². The van der Waals surface area contributed by atoms with Crippen molar-refractivity contribution in [3.8, 4) is 0 Å². The third kappa shape index (κ3) is 3.07. The topological polar surface area (TPSA) is 12.0 Å². The quantitative estimate of drug-likeness (QED) is 0.804. The maximum Gasteiger partial charge on any atom is 0.0326 e. The average Bonchev–Trinajstić information content (AvgIpc) is 2.73. The number of benzene rings is 1. The number of fused-ring (bicyclic) bond motifs is 1. The molecule has 1 atom stereocenters. The summed E-state index contributed by atoms with van der Waals surface area (Å²) in [5.74, 6) is 0. The standard InChI is InChI=1S/C17H21NS/c1-13-10-11-15(19-13)12-18-17-9-5-3-7-14-6-2-4-8-16(14)17/h2,4,6,8,10-11,17-18H,3,5,7,9,12H2,1H3. The van der Waals surface area contributed by atoms with E-state index in [9.17, 15) is 0 Å². The van der Waals surface area contributed by atoms with Crippen LogP contribution in [-0.2, 0) is 13.0 Å². The first-order valence-corrected chi connectivity index (χ1v) is 8.01. The third-order valence-electron chi connectivity index (χ3n) is 3.94. The second kappa shape index (κ2) is 5.89. The molecule has 2 aromatic rings. The fourth-order valence-corrected chi connectivity index (χ4v) is 3.78. The van der Waals surface area contributed by atoms with E-state index in [1.807, 2.05) is 11.3 Å². The van der Waals surface area contributed by atoms with E-state index in [1.165, 1.54) is 41.0 Å². The van der Waals surface area contributed by atoms with Crippen molar-refractivity contribution in [2.75, 3.05) is 0 Å². The highest BCUT2D eigenvalue weighted by Gasteiger charge is 2.17. The maximum atomic E-state index is 3.76. The van der Waals surface area contributed by atoms with Crippen molar-refractivity contribution in [1.29, 1.82) is 0 Å². The molecule has 0 saturated heterocycles. The SMILES string of the molecule is Cc1ccc(CNC2CCCCc3ccccc32)s1. The molecular weight excluding hydrogens is 250 g/mol. The summed E-state index contributed by atoms with van der Waals surface area (Å²) in [7, 11) is 0. The Bertz CT molecular complexity index is 544. The van der Waals surface area contributed by atoms with Crippen molar-refractivity contribution < 1.29 is 0 Å². The largest absolute Gasteiger partial charge is 0.305 e. The van der Waals surface area contributed by atoms with Crippen molar-refractivity contribution in [3.63, 3.8) is 0 Å². The van der Waals surface area contributed by atoms with Crippen LogP contribution in [0, 0.1) is 6.92 Å². The summed E-state index contributed by atoms with van der Waals surface area (Å²) < 4.78 is 0. The van der Waals surface area contributed by atoms with Gasteiger partial charge in [-0.1, -0.05) is 30.7 Å². The molecule has 1 nitrogen and oxygen atoms in total. The zero-order chi connectivity index (χ0) is 13.1. The van der Waals surface area contributed by atoms with Crippen LogP contribution in [0.5, 0.6) is 0 Å². The molecule has 1 heterocycles. The smallest absolute Gasteiger partial charge is 0.0326 e. The van der Waals surface area contributed by atoms with Gasteiger partial charge >= 0.3 is 0 Å². The van der Waals surface area contributed by atoms with Gasteiger partial charge in [0.15, 0.2) is 0 Å². The van der Waals surface area contributed by atoms with E-state index in [2.05, 4.69) is 48.6 Å². The van der Waals surface area contributed by atoms with Gasteiger partial charge in [0.2, 0.25) is 0 Å². The van der Waals surface area contributed by atoms with E-state index in [1.54, 1.807) is 5.56 Å². The molecule has 1 aliphatic carbocycles. The Kier molecular flexibility index (Phi) is 4.00. The average molecular weight is 271 g/mol. The molecule has 0 radical (unpaired) electrons. The molecule has 0 aliphatic heterocycles. The molecule has 100 valence electrons. The molecule has 1 aromatic heterocycles. The zero-order valence-corrected chi connectivity index (χ0v) is 12.3. The van der Waals surface area contributed by atoms with Gasteiger partial charge in [0, 0.05) is 22.3 Å². The molecule has 0 spiro atoms. The summed E-state index contributed by atoms with van der Waals surface area (Å²) >= 11 is 1.90. The highest BCUT2D eigenvalue weighted by molar-refractivity contribution is 7.11. The fraction of sp³-hybridized carbons (Fsp3) is 0.412. The molecule has 0 saturated carbocycles. The van der Waals surface area contributed by atoms with Crippen LogP contribution in [0.2, 0.25) is 0 Å². The van der Waals surface area contributed by atoms with Crippen LogP contribution in [0.15, 0.2) is 36.4 Å². The molecule has 1 aliphatic rings. The molecular formula is C17H21NS. The lowest BCUT2D eigenvalue weighted by molar-refractivity contribution is 0.491. The maximum absolute atomic E-state index is 3.76. The van der Waals surface area contributed by atoms with Gasteiger partial charge in [-0.25, -0.2) is 0 Å². The predicted octanol–water partition coefficient (Wildman–Crippen LogP) is 4.61. The van der Waals surface area contributed by atoms with Crippen LogP contribution in [0.4, 0.5) is 0 Å². The number of hydrogen-bond donors (Lipinski definition) is 1. The summed E-state index contributed by atoms with van der Waals surface area (Å²) in [6.07, 6.45) is 5.16. The van der Waals surface area contributed by atoms with Crippen molar-refractivity contribution >= 4 is 11.3 Å². The van der Waals surface area contributed by atoms with Crippen LogP contribution in [0.3, 0.4) is 0 Å². The van der Waals surface area contributed by atoms with Gasteiger partial charge in [0.25, 0.3) is 0 Å². The monoisotopic (exact) mass is 271 g/mol. The molecule has 1 N–H and O–H groups in total. The molecule has 0 fully saturated rings. The van der Waals surface area contributed by atoms with Gasteiger partial charge in [0.1, 0.15) is 0 Å². The molecule has 3 rings (SSSR count). The summed E-state index contributed by atoms with van der Waals surface area (Å²) in [5.41, 5.74) is 3.06. The number of aryl methyl sites for hydroxylation is 2. The number of hydrogen-bond acceptors (Lipinski definition) is 2. The summed E-state index contributed by atoms with van der Waals surface area (Å²) in [5, 5.41) is 3.76. The minimum absolute atomic E-state index is 0.529. The first-order valence-electron chi connectivity index (χ1n) is 7.19. The Morgan fingerprint density at radius 1 is 1.16 bits per heavy atom. The normalized spacial score (nSPS) is 18.9. The molecule has 0 bridgehead atoms. The van der Waals surface area contributed by atoms with Crippen molar-refractivity contribution in [3.05, 3.63) is 57.3 Å². The van der Waals surface area contributed by atoms with Gasteiger partial charge in [-0.2, -0.15) is 0 Å². The second-order valence-corrected chi connectivity index (χ2v) is 6.76. The Labute approximate surface area is 119 Å². The first-order chi connectivity index (χ1) is 9.33. The molecule has 2 heteroatoms. The van der Waals surface area contributed by atoms with Crippen LogP contribution in [0.1, 0.15) is 46.2 Å². The fourth-order valence-electron chi connectivity index (χ4n) is 2.94. The molecule has 19 heavy (non-hydrogen) atoms.